The van der Waals surface area contributed by atoms with E-state index in [1.807, 2.05) is 12.3 Å². The van der Waals surface area contributed by atoms with Crippen LogP contribution in [0.1, 0.15) is 39.2 Å². The van der Waals surface area contributed by atoms with E-state index in [1.165, 1.54) is 5.56 Å². The summed E-state index contributed by atoms with van der Waals surface area (Å²) in [4.78, 5) is 4.26. The molecule has 0 fully saturated rings. The van der Waals surface area contributed by atoms with E-state index in [-0.39, 0.29) is 0 Å². The fraction of sp³-hybridized carbons (Fsp3) is 0.615. The van der Waals surface area contributed by atoms with E-state index in [4.69, 9.17) is 4.74 Å². The van der Waals surface area contributed by atoms with Crippen molar-refractivity contribution in [1.29, 1.82) is 0 Å². The van der Waals surface area contributed by atoms with Gasteiger partial charge in [-0.2, -0.15) is 0 Å². The third-order valence-electron chi connectivity index (χ3n) is 2.49. The molecule has 1 N–H and O–H groups in total. The maximum atomic E-state index is 5.68. The van der Waals surface area contributed by atoms with Gasteiger partial charge in [-0.1, -0.05) is 13.8 Å². The summed E-state index contributed by atoms with van der Waals surface area (Å²) in [5.41, 5.74) is 1.17. The Morgan fingerprint density at radius 1 is 1.44 bits per heavy atom. The molecule has 0 aliphatic heterocycles. The molecule has 0 radical (unpaired) electrons. The lowest BCUT2D eigenvalue weighted by molar-refractivity contribution is 0.0508. The van der Waals surface area contributed by atoms with Crippen LogP contribution in [0.25, 0.3) is 0 Å². The van der Waals surface area contributed by atoms with Gasteiger partial charge in [-0.05, 0) is 37.5 Å². The number of nitrogens with zero attached hydrogens (tertiary/aromatic N) is 1. The van der Waals surface area contributed by atoms with Crippen LogP contribution in [0.4, 0.5) is 5.82 Å². The van der Waals surface area contributed by atoms with Gasteiger partial charge in [-0.3, -0.25) is 0 Å². The molecule has 1 rings (SSSR count). The second-order valence-corrected chi connectivity index (χ2v) is 4.01. The van der Waals surface area contributed by atoms with Crippen molar-refractivity contribution in [3.63, 3.8) is 0 Å². The van der Waals surface area contributed by atoms with Crippen molar-refractivity contribution < 1.29 is 4.74 Å². The minimum absolute atomic E-state index is 0.320. The maximum absolute atomic E-state index is 5.68. The average molecular weight is 222 g/mol. The van der Waals surface area contributed by atoms with Crippen LogP contribution in [0.3, 0.4) is 0 Å². The summed E-state index contributed by atoms with van der Waals surface area (Å²) in [6.45, 7) is 7.99. The minimum Gasteiger partial charge on any atom is -0.374 e. The van der Waals surface area contributed by atoms with Crippen molar-refractivity contribution in [2.45, 2.75) is 46.3 Å². The molecule has 90 valence electrons. The Bertz CT molecular complexity index is 302. The zero-order valence-electron chi connectivity index (χ0n) is 10.5. The SMILES string of the molecule is CCCNc1cc(COC(C)CC)ccn1. The number of anilines is 1. The van der Waals surface area contributed by atoms with Crippen LogP contribution in [-0.4, -0.2) is 17.6 Å². The largest absolute Gasteiger partial charge is 0.374 e. The Morgan fingerprint density at radius 2 is 2.25 bits per heavy atom. The zero-order chi connectivity index (χ0) is 11.8. The quantitative estimate of drug-likeness (QED) is 0.769. The number of hydrogen-bond acceptors (Lipinski definition) is 3. The standard InChI is InChI=1S/C13H22N2O/c1-4-7-14-13-9-12(6-8-15-13)10-16-11(3)5-2/h6,8-9,11H,4-5,7,10H2,1-3H3,(H,14,15). The maximum Gasteiger partial charge on any atom is 0.126 e. The Morgan fingerprint density at radius 3 is 2.94 bits per heavy atom. The third kappa shape index (κ3) is 4.62. The summed E-state index contributed by atoms with van der Waals surface area (Å²) < 4.78 is 5.68. The molecule has 0 aliphatic rings. The van der Waals surface area contributed by atoms with Gasteiger partial charge in [-0.15, -0.1) is 0 Å². The van der Waals surface area contributed by atoms with Crippen LogP contribution in [0, 0.1) is 0 Å². The Hall–Kier alpha value is -1.09. The van der Waals surface area contributed by atoms with Gasteiger partial charge >= 0.3 is 0 Å². The van der Waals surface area contributed by atoms with Gasteiger partial charge in [0.2, 0.25) is 0 Å². The van der Waals surface area contributed by atoms with Crippen molar-refractivity contribution in [2.24, 2.45) is 0 Å². The second-order valence-electron chi connectivity index (χ2n) is 4.01. The summed E-state index contributed by atoms with van der Waals surface area (Å²) in [6.07, 6.45) is 4.30. The van der Waals surface area contributed by atoms with Crippen LogP contribution in [-0.2, 0) is 11.3 Å². The molecule has 0 aliphatic carbocycles. The molecule has 1 atom stereocenters. The molecule has 0 saturated carbocycles. The van der Waals surface area contributed by atoms with Crippen molar-refractivity contribution in [3.05, 3.63) is 23.9 Å². The molecule has 1 unspecified atom stereocenters. The molecule has 0 saturated heterocycles. The van der Waals surface area contributed by atoms with E-state index in [0.717, 1.165) is 25.2 Å². The monoisotopic (exact) mass is 222 g/mol. The summed E-state index contributed by atoms with van der Waals surface area (Å²) >= 11 is 0. The highest BCUT2D eigenvalue weighted by molar-refractivity contribution is 5.37. The molecule has 0 amide bonds. The van der Waals surface area contributed by atoms with Crippen LogP contribution < -0.4 is 5.32 Å². The normalized spacial score (nSPS) is 12.4. The number of aromatic nitrogens is 1. The molecule has 0 spiro atoms. The van der Waals surface area contributed by atoms with Crippen LogP contribution in [0.15, 0.2) is 18.3 Å². The van der Waals surface area contributed by atoms with Crippen LogP contribution >= 0.6 is 0 Å². The Balaban J connectivity index is 2.46. The van der Waals surface area contributed by atoms with E-state index in [2.05, 4.69) is 37.1 Å². The van der Waals surface area contributed by atoms with Gasteiger partial charge < -0.3 is 10.1 Å². The van der Waals surface area contributed by atoms with Crippen molar-refractivity contribution in [1.82, 2.24) is 4.98 Å². The molecular weight excluding hydrogens is 200 g/mol. The van der Waals surface area contributed by atoms with E-state index in [9.17, 15) is 0 Å². The molecule has 1 heterocycles. The van der Waals surface area contributed by atoms with Crippen LogP contribution in [0.5, 0.6) is 0 Å². The van der Waals surface area contributed by atoms with Crippen LogP contribution in [0.2, 0.25) is 0 Å². The zero-order valence-corrected chi connectivity index (χ0v) is 10.5. The first-order valence-corrected chi connectivity index (χ1v) is 6.06. The predicted molar refractivity (Wildman–Crippen MR) is 67.6 cm³/mol. The Kier molecular flexibility index (Phi) is 5.86. The number of ether oxygens (including phenoxy) is 1. The lowest BCUT2D eigenvalue weighted by atomic mass is 10.2. The lowest BCUT2D eigenvalue weighted by Crippen LogP contribution is -2.07. The topological polar surface area (TPSA) is 34.1 Å². The molecule has 16 heavy (non-hydrogen) atoms. The predicted octanol–water partition coefficient (Wildman–Crippen LogP) is 3.22. The fourth-order valence-electron chi connectivity index (χ4n) is 1.27. The summed E-state index contributed by atoms with van der Waals surface area (Å²) in [5, 5.41) is 3.27. The molecule has 1 aromatic rings. The van der Waals surface area contributed by atoms with Crippen molar-refractivity contribution in [3.8, 4) is 0 Å². The van der Waals surface area contributed by atoms with E-state index in [0.29, 0.717) is 12.7 Å². The summed E-state index contributed by atoms with van der Waals surface area (Å²) in [6, 6.07) is 4.05. The highest BCUT2D eigenvalue weighted by Crippen LogP contribution is 2.09. The number of pyridine rings is 1. The minimum atomic E-state index is 0.320. The molecule has 0 bridgehead atoms. The van der Waals surface area contributed by atoms with Gasteiger partial charge in [0, 0.05) is 12.7 Å². The summed E-state index contributed by atoms with van der Waals surface area (Å²) in [5.74, 6) is 0.937. The van der Waals surface area contributed by atoms with Crippen molar-refractivity contribution >= 4 is 5.82 Å². The van der Waals surface area contributed by atoms with Gasteiger partial charge in [0.25, 0.3) is 0 Å². The number of nitrogens with one attached hydrogen (secondary N) is 1. The highest BCUT2D eigenvalue weighted by atomic mass is 16.5. The lowest BCUT2D eigenvalue weighted by Gasteiger charge is -2.11. The first-order valence-electron chi connectivity index (χ1n) is 6.06. The molecule has 1 aromatic heterocycles. The fourth-order valence-corrected chi connectivity index (χ4v) is 1.27. The molecule has 3 nitrogen and oxygen atoms in total. The van der Waals surface area contributed by atoms with Gasteiger partial charge in [-0.25, -0.2) is 4.98 Å². The smallest absolute Gasteiger partial charge is 0.126 e. The van der Waals surface area contributed by atoms with E-state index in [1.54, 1.807) is 0 Å². The van der Waals surface area contributed by atoms with E-state index < -0.39 is 0 Å². The first kappa shape index (κ1) is 13.0. The highest BCUT2D eigenvalue weighted by Gasteiger charge is 2.00. The van der Waals surface area contributed by atoms with E-state index >= 15 is 0 Å². The molecule has 0 aromatic carbocycles. The average Bonchev–Trinajstić information content (AvgIpc) is 2.34. The van der Waals surface area contributed by atoms with Gasteiger partial charge in [0.1, 0.15) is 5.82 Å². The van der Waals surface area contributed by atoms with Gasteiger partial charge in [0.05, 0.1) is 12.7 Å². The molecular formula is C13H22N2O. The van der Waals surface area contributed by atoms with Gasteiger partial charge in [0.15, 0.2) is 0 Å². The number of hydrogen-bond donors (Lipinski definition) is 1. The Labute approximate surface area is 98.2 Å². The number of rotatable bonds is 7. The second kappa shape index (κ2) is 7.23. The van der Waals surface area contributed by atoms with Crippen molar-refractivity contribution in [2.75, 3.05) is 11.9 Å². The first-order chi connectivity index (χ1) is 7.76. The molecule has 3 heteroatoms. The summed E-state index contributed by atoms with van der Waals surface area (Å²) in [7, 11) is 0. The third-order valence-corrected chi connectivity index (χ3v) is 2.49.